The summed E-state index contributed by atoms with van der Waals surface area (Å²) in [6.45, 7) is 3.35. The average Bonchev–Trinajstić information content (AvgIpc) is 2.28. The molecule has 1 aliphatic rings. The summed E-state index contributed by atoms with van der Waals surface area (Å²) in [7, 11) is 0. The van der Waals surface area contributed by atoms with Gasteiger partial charge in [0.05, 0.1) is 5.92 Å². The van der Waals surface area contributed by atoms with E-state index in [4.69, 9.17) is 10.8 Å². The van der Waals surface area contributed by atoms with Crippen LogP contribution < -0.4 is 5.73 Å². The Morgan fingerprint density at radius 3 is 2.65 bits per heavy atom. The standard InChI is InChI=1S/C13H26N2O2/c1-2-5-11(10-14)13(17)15(8-4-9-16)12-6-3-7-12/h11-12,16H,2-10,14H2,1H3. The molecule has 1 amide bonds. The number of carbonyl (C=O) groups is 1. The second kappa shape index (κ2) is 7.67. The van der Waals surface area contributed by atoms with Crippen molar-refractivity contribution >= 4 is 5.91 Å². The Balaban J connectivity index is 2.56. The highest BCUT2D eigenvalue weighted by Gasteiger charge is 2.31. The molecule has 3 N–H and O–H groups in total. The van der Waals surface area contributed by atoms with Gasteiger partial charge in [0.25, 0.3) is 0 Å². The lowest BCUT2D eigenvalue weighted by molar-refractivity contribution is -0.139. The highest BCUT2D eigenvalue weighted by atomic mass is 16.3. The number of rotatable bonds is 8. The maximum Gasteiger partial charge on any atom is 0.227 e. The van der Waals surface area contributed by atoms with Crippen molar-refractivity contribution in [2.24, 2.45) is 11.7 Å². The van der Waals surface area contributed by atoms with Crippen molar-refractivity contribution < 1.29 is 9.90 Å². The summed E-state index contributed by atoms with van der Waals surface area (Å²) in [6, 6.07) is 0.403. The van der Waals surface area contributed by atoms with Crippen molar-refractivity contribution in [1.82, 2.24) is 4.90 Å². The Morgan fingerprint density at radius 2 is 2.24 bits per heavy atom. The van der Waals surface area contributed by atoms with Crippen LogP contribution in [0.3, 0.4) is 0 Å². The number of aliphatic hydroxyl groups is 1. The molecule has 0 aromatic heterocycles. The fraction of sp³-hybridized carbons (Fsp3) is 0.923. The van der Waals surface area contributed by atoms with Gasteiger partial charge in [0.15, 0.2) is 0 Å². The lowest BCUT2D eigenvalue weighted by Crippen LogP contribution is -2.48. The average molecular weight is 242 g/mol. The van der Waals surface area contributed by atoms with Gasteiger partial charge < -0.3 is 15.7 Å². The second-order valence-electron chi connectivity index (χ2n) is 4.91. The van der Waals surface area contributed by atoms with E-state index in [0.717, 1.165) is 25.7 Å². The van der Waals surface area contributed by atoms with E-state index < -0.39 is 0 Å². The highest BCUT2D eigenvalue weighted by molar-refractivity contribution is 5.79. The normalized spacial score (nSPS) is 17.6. The molecule has 0 bridgehead atoms. The molecule has 1 fully saturated rings. The van der Waals surface area contributed by atoms with Crippen molar-refractivity contribution in [3.05, 3.63) is 0 Å². The summed E-state index contributed by atoms with van der Waals surface area (Å²) < 4.78 is 0. The third-order valence-electron chi connectivity index (χ3n) is 3.63. The maximum absolute atomic E-state index is 12.4. The Labute approximate surface area is 104 Å². The fourth-order valence-corrected chi connectivity index (χ4v) is 2.34. The molecule has 1 atom stereocenters. The van der Waals surface area contributed by atoms with E-state index in [1.807, 2.05) is 4.90 Å². The molecular weight excluding hydrogens is 216 g/mol. The number of hydrogen-bond acceptors (Lipinski definition) is 3. The lowest BCUT2D eigenvalue weighted by Gasteiger charge is -2.39. The van der Waals surface area contributed by atoms with Crippen LogP contribution >= 0.6 is 0 Å². The molecular formula is C13H26N2O2. The summed E-state index contributed by atoms with van der Waals surface area (Å²) in [6.07, 6.45) is 5.98. The number of nitrogens with zero attached hydrogens (tertiary/aromatic N) is 1. The Morgan fingerprint density at radius 1 is 1.53 bits per heavy atom. The van der Waals surface area contributed by atoms with Crippen molar-refractivity contribution in [2.45, 2.75) is 51.5 Å². The van der Waals surface area contributed by atoms with Gasteiger partial charge in [0.1, 0.15) is 0 Å². The van der Waals surface area contributed by atoms with Gasteiger partial charge in [0.2, 0.25) is 5.91 Å². The van der Waals surface area contributed by atoms with Crippen LogP contribution in [0, 0.1) is 5.92 Å². The number of hydrogen-bond donors (Lipinski definition) is 2. The molecule has 1 rings (SSSR count). The van der Waals surface area contributed by atoms with Crippen LogP contribution in [-0.4, -0.2) is 41.7 Å². The molecule has 17 heavy (non-hydrogen) atoms. The van der Waals surface area contributed by atoms with Crippen LogP contribution in [0.5, 0.6) is 0 Å². The fourth-order valence-electron chi connectivity index (χ4n) is 2.34. The molecule has 0 aliphatic heterocycles. The van der Waals surface area contributed by atoms with Gasteiger partial charge in [-0.15, -0.1) is 0 Å². The molecule has 0 spiro atoms. The number of carbonyl (C=O) groups excluding carboxylic acids is 1. The molecule has 0 radical (unpaired) electrons. The first-order chi connectivity index (χ1) is 8.24. The van der Waals surface area contributed by atoms with Gasteiger partial charge in [-0.25, -0.2) is 0 Å². The topological polar surface area (TPSA) is 66.6 Å². The first-order valence-electron chi connectivity index (χ1n) is 6.86. The molecule has 4 nitrogen and oxygen atoms in total. The molecule has 100 valence electrons. The third-order valence-corrected chi connectivity index (χ3v) is 3.63. The van der Waals surface area contributed by atoms with Gasteiger partial charge in [-0.3, -0.25) is 4.79 Å². The van der Waals surface area contributed by atoms with Gasteiger partial charge in [0, 0.05) is 25.7 Å². The molecule has 4 heteroatoms. The van der Waals surface area contributed by atoms with E-state index in [9.17, 15) is 4.79 Å². The summed E-state index contributed by atoms with van der Waals surface area (Å²) in [5, 5.41) is 8.91. The molecule has 0 aromatic rings. The molecule has 1 unspecified atom stereocenters. The second-order valence-corrected chi connectivity index (χ2v) is 4.91. The van der Waals surface area contributed by atoms with E-state index >= 15 is 0 Å². The SMILES string of the molecule is CCCC(CN)C(=O)N(CCCO)C1CCC1. The van der Waals surface area contributed by atoms with E-state index in [1.54, 1.807) is 0 Å². The van der Waals surface area contributed by atoms with Crippen molar-refractivity contribution in [2.75, 3.05) is 19.7 Å². The zero-order chi connectivity index (χ0) is 12.7. The quantitative estimate of drug-likeness (QED) is 0.670. The van der Waals surface area contributed by atoms with E-state index in [1.165, 1.54) is 6.42 Å². The predicted octanol–water partition coefficient (Wildman–Crippen LogP) is 1.12. The molecule has 1 saturated carbocycles. The minimum Gasteiger partial charge on any atom is -0.396 e. The van der Waals surface area contributed by atoms with Crippen LogP contribution in [0.15, 0.2) is 0 Å². The number of aliphatic hydroxyl groups excluding tert-OH is 1. The van der Waals surface area contributed by atoms with Crippen LogP contribution in [0.25, 0.3) is 0 Å². The minimum absolute atomic E-state index is 0.0284. The van der Waals surface area contributed by atoms with Crippen molar-refractivity contribution in [3.8, 4) is 0 Å². The van der Waals surface area contributed by atoms with E-state index in [2.05, 4.69) is 6.92 Å². The monoisotopic (exact) mass is 242 g/mol. The highest BCUT2D eigenvalue weighted by Crippen LogP contribution is 2.26. The Bertz CT molecular complexity index is 229. The Hall–Kier alpha value is -0.610. The summed E-state index contributed by atoms with van der Waals surface area (Å²) in [4.78, 5) is 14.3. The summed E-state index contributed by atoms with van der Waals surface area (Å²) in [5.41, 5.74) is 5.69. The first-order valence-corrected chi connectivity index (χ1v) is 6.86. The minimum atomic E-state index is -0.0284. The smallest absolute Gasteiger partial charge is 0.227 e. The zero-order valence-corrected chi connectivity index (χ0v) is 10.9. The van der Waals surface area contributed by atoms with Crippen molar-refractivity contribution in [3.63, 3.8) is 0 Å². The third kappa shape index (κ3) is 3.96. The first kappa shape index (κ1) is 14.5. The molecule has 0 aromatic carbocycles. The summed E-state index contributed by atoms with van der Waals surface area (Å²) >= 11 is 0. The van der Waals surface area contributed by atoms with Crippen LogP contribution in [0.4, 0.5) is 0 Å². The van der Waals surface area contributed by atoms with Crippen LogP contribution in [0.2, 0.25) is 0 Å². The summed E-state index contributed by atoms with van der Waals surface area (Å²) in [5.74, 6) is 0.173. The maximum atomic E-state index is 12.4. The Kier molecular flexibility index (Phi) is 6.52. The van der Waals surface area contributed by atoms with E-state index in [-0.39, 0.29) is 18.4 Å². The van der Waals surface area contributed by atoms with Crippen LogP contribution in [0.1, 0.15) is 45.4 Å². The molecule has 0 saturated heterocycles. The number of nitrogens with two attached hydrogens (primary N) is 1. The predicted molar refractivity (Wildman–Crippen MR) is 68.5 cm³/mol. The molecule has 0 heterocycles. The van der Waals surface area contributed by atoms with Crippen molar-refractivity contribution in [1.29, 1.82) is 0 Å². The van der Waals surface area contributed by atoms with Gasteiger partial charge in [-0.2, -0.15) is 0 Å². The van der Waals surface area contributed by atoms with Gasteiger partial charge in [-0.05, 0) is 32.1 Å². The largest absolute Gasteiger partial charge is 0.396 e. The number of amides is 1. The van der Waals surface area contributed by atoms with E-state index in [0.29, 0.717) is 25.6 Å². The molecule has 1 aliphatic carbocycles. The lowest BCUT2D eigenvalue weighted by atomic mass is 9.89. The van der Waals surface area contributed by atoms with Gasteiger partial charge >= 0.3 is 0 Å². The van der Waals surface area contributed by atoms with Gasteiger partial charge in [-0.1, -0.05) is 13.3 Å². The van der Waals surface area contributed by atoms with Crippen LogP contribution in [-0.2, 0) is 4.79 Å². The zero-order valence-electron chi connectivity index (χ0n) is 10.9.